The molecular weight excluding hydrogens is 408 g/mol. The number of benzene rings is 3. The van der Waals surface area contributed by atoms with Crippen molar-refractivity contribution in [3.8, 4) is 0 Å². The number of nitrogens with one attached hydrogen (secondary N) is 1. The number of carbonyl (C=O) groups is 1. The lowest BCUT2D eigenvalue weighted by Crippen LogP contribution is -2.43. The minimum atomic E-state index is -0.439. The number of amides is 1. The fourth-order valence-corrected chi connectivity index (χ4v) is 3.82. The van der Waals surface area contributed by atoms with E-state index in [4.69, 9.17) is 4.74 Å². The summed E-state index contributed by atoms with van der Waals surface area (Å²) in [5.74, 6) is 0.0491. The lowest BCUT2D eigenvalue weighted by molar-refractivity contribution is -0.120. The molecule has 33 heavy (non-hydrogen) atoms. The van der Waals surface area contributed by atoms with E-state index in [9.17, 15) is 4.79 Å². The van der Waals surface area contributed by atoms with Crippen molar-refractivity contribution in [3.05, 3.63) is 101 Å². The van der Waals surface area contributed by atoms with E-state index in [1.807, 2.05) is 42.2 Å². The molecule has 1 N–H and O–H groups in total. The van der Waals surface area contributed by atoms with Crippen molar-refractivity contribution in [2.45, 2.75) is 40.2 Å². The van der Waals surface area contributed by atoms with Crippen LogP contribution in [-0.2, 0) is 16.0 Å². The number of hydrogen-bond acceptors (Lipinski definition) is 3. The molecule has 3 rings (SSSR count). The standard InChI is InChI=1S/C29H36N2O2/c1-5-33-20-18-30-28(26-9-7-6-8-10-26)29(32)31(27-16-13-23(3)24(4)21-27)19-17-25-14-11-22(2)12-15-25/h6-16,21,28,30H,5,17-20H2,1-4H3. The number of rotatable bonds is 11. The van der Waals surface area contributed by atoms with Gasteiger partial charge in [-0.2, -0.15) is 0 Å². The molecule has 4 nitrogen and oxygen atoms in total. The number of nitrogens with zero attached hydrogens (tertiary/aromatic N) is 1. The van der Waals surface area contributed by atoms with Crippen LogP contribution in [0.2, 0.25) is 0 Å². The van der Waals surface area contributed by atoms with Gasteiger partial charge in [0.25, 0.3) is 0 Å². The molecule has 4 heteroatoms. The van der Waals surface area contributed by atoms with Gasteiger partial charge in [-0.3, -0.25) is 10.1 Å². The number of aryl methyl sites for hydroxylation is 3. The zero-order valence-corrected chi connectivity index (χ0v) is 20.3. The van der Waals surface area contributed by atoms with Crippen LogP contribution >= 0.6 is 0 Å². The van der Waals surface area contributed by atoms with E-state index >= 15 is 0 Å². The summed E-state index contributed by atoms with van der Waals surface area (Å²) in [6.07, 6.45) is 0.791. The van der Waals surface area contributed by atoms with Crippen LogP contribution in [0.5, 0.6) is 0 Å². The van der Waals surface area contributed by atoms with E-state index in [0.717, 1.165) is 17.7 Å². The van der Waals surface area contributed by atoms with Gasteiger partial charge in [0.15, 0.2) is 0 Å². The first-order valence-electron chi connectivity index (χ1n) is 11.8. The molecule has 0 spiro atoms. The fraction of sp³-hybridized carbons (Fsp3) is 0.345. The van der Waals surface area contributed by atoms with Gasteiger partial charge in [-0.25, -0.2) is 0 Å². The molecule has 0 aromatic heterocycles. The lowest BCUT2D eigenvalue weighted by Gasteiger charge is -2.29. The number of carbonyl (C=O) groups excluding carboxylic acids is 1. The van der Waals surface area contributed by atoms with E-state index in [0.29, 0.717) is 26.3 Å². The molecule has 0 aliphatic rings. The average molecular weight is 445 g/mol. The van der Waals surface area contributed by atoms with Crippen LogP contribution in [0.25, 0.3) is 0 Å². The Bertz CT molecular complexity index is 1020. The van der Waals surface area contributed by atoms with Gasteiger partial charge in [0.2, 0.25) is 5.91 Å². The Morgan fingerprint density at radius 1 is 0.939 bits per heavy atom. The molecule has 1 amide bonds. The molecule has 0 heterocycles. The van der Waals surface area contributed by atoms with Crippen LogP contribution in [0.3, 0.4) is 0 Å². The molecule has 0 bridgehead atoms. The van der Waals surface area contributed by atoms with Crippen molar-refractivity contribution in [2.75, 3.05) is 31.2 Å². The average Bonchev–Trinajstić information content (AvgIpc) is 2.83. The molecule has 3 aromatic carbocycles. The quantitative estimate of drug-likeness (QED) is 0.394. The van der Waals surface area contributed by atoms with Crippen LogP contribution in [0.4, 0.5) is 5.69 Å². The molecule has 1 unspecified atom stereocenters. The smallest absolute Gasteiger partial charge is 0.248 e. The van der Waals surface area contributed by atoms with Gasteiger partial charge < -0.3 is 9.64 Å². The van der Waals surface area contributed by atoms with Crippen molar-refractivity contribution in [3.63, 3.8) is 0 Å². The second kappa shape index (κ2) is 12.3. The topological polar surface area (TPSA) is 41.6 Å². The number of ether oxygens (including phenoxy) is 1. The molecule has 0 fully saturated rings. The van der Waals surface area contributed by atoms with Crippen LogP contribution in [-0.4, -0.2) is 32.2 Å². The molecular formula is C29H36N2O2. The van der Waals surface area contributed by atoms with Gasteiger partial charge in [0.1, 0.15) is 6.04 Å². The second-order valence-electron chi connectivity index (χ2n) is 8.49. The van der Waals surface area contributed by atoms with Gasteiger partial charge in [-0.05, 0) is 68.5 Å². The first-order valence-corrected chi connectivity index (χ1v) is 11.8. The third-order valence-electron chi connectivity index (χ3n) is 5.99. The predicted octanol–water partition coefficient (Wildman–Crippen LogP) is 5.55. The lowest BCUT2D eigenvalue weighted by atomic mass is 10.0. The summed E-state index contributed by atoms with van der Waals surface area (Å²) in [5.41, 5.74) is 6.76. The Balaban J connectivity index is 1.89. The van der Waals surface area contributed by atoms with Crippen LogP contribution in [0.1, 0.15) is 40.8 Å². The normalized spacial score (nSPS) is 11.9. The maximum Gasteiger partial charge on any atom is 0.248 e. The van der Waals surface area contributed by atoms with Crippen LogP contribution in [0.15, 0.2) is 72.8 Å². The minimum Gasteiger partial charge on any atom is -0.380 e. The zero-order chi connectivity index (χ0) is 23.6. The van der Waals surface area contributed by atoms with Gasteiger partial charge >= 0.3 is 0 Å². The summed E-state index contributed by atoms with van der Waals surface area (Å²) >= 11 is 0. The van der Waals surface area contributed by atoms with E-state index in [1.165, 1.54) is 22.3 Å². The highest BCUT2D eigenvalue weighted by molar-refractivity contribution is 5.98. The molecule has 3 aromatic rings. The van der Waals surface area contributed by atoms with Crippen LogP contribution in [0, 0.1) is 20.8 Å². The Labute approximate surface area is 198 Å². The summed E-state index contributed by atoms with van der Waals surface area (Å²) in [4.78, 5) is 15.9. The van der Waals surface area contributed by atoms with Crippen molar-refractivity contribution in [1.82, 2.24) is 5.32 Å². The van der Waals surface area contributed by atoms with Gasteiger partial charge in [0, 0.05) is 25.4 Å². The van der Waals surface area contributed by atoms with E-state index in [2.05, 4.69) is 68.6 Å². The maximum atomic E-state index is 14.0. The van der Waals surface area contributed by atoms with Crippen molar-refractivity contribution >= 4 is 11.6 Å². The fourth-order valence-electron chi connectivity index (χ4n) is 3.82. The van der Waals surface area contributed by atoms with Gasteiger partial charge in [0.05, 0.1) is 6.61 Å². The maximum absolute atomic E-state index is 14.0. The van der Waals surface area contributed by atoms with Gasteiger partial charge in [-0.1, -0.05) is 66.2 Å². The highest BCUT2D eigenvalue weighted by Gasteiger charge is 2.26. The molecule has 1 atom stereocenters. The first-order chi connectivity index (χ1) is 16.0. The molecule has 174 valence electrons. The number of hydrogen-bond donors (Lipinski definition) is 1. The Kier molecular flexibility index (Phi) is 9.23. The SMILES string of the molecule is CCOCCNC(C(=O)N(CCc1ccc(C)cc1)c1ccc(C)c(C)c1)c1ccccc1. The number of anilines is 1. The Hall–Kier alpha value is -2.95. The summed E-state index contributed by atoms with van der Waals surface area (Å²) in [6, 6.07) is 24.3. The minimum absolute atomic E-state index is 0.0491. The Morgan fingerprint density at radius 3 is 2.33 bits per heavy atom. The third kappa shape index (κ3) is 7.01. The third-order valence-corrected chi connectivity index (χ3v) is 5.99. The summed E-state index contributed by atoms with van der Waals surface area (Å²) in [7, 11) is 0. The Morgan fingerprint density at radius 2 is 1.67 bits per heavy atom. The summed E-state index contributed by atoms with van der Waals surface area (Å²) in [5, 5.41) is 3.44. The van der Waals surface area contributed by atoms with E-state index < -0.39 is 6.04 Å². The highest BCUT2D eigenvalue weighted by atomic mass is 16.5. The van der Waals surface area contributed by atoms with E-state index in [1.54, 1.807) is 0 Å². The van der Waals surface area contributed by atoms with Crippen LogP contribution < -0.4 is 10.2 Å². The van der Waals surface area contributed by atoms with Crippen molar-refractivity contribution < 1.29 is 9.53 Å². The second-order valence-corrected chi connectivity index (χ2v) is 8.49. The summed E-state index contributed by atoms with van der Waals surface area (Å²) in [6.45, 7) is 10.7. The first kappa shape index (κ1) is 24.7. The molecule has 0 radical (unpaired) electrons. The van der Waals surface area contributed by atoms with Crippen molar-refractivity contribution in [1.29, 1.82) is 0 Å². The highest BCUT2D eigenvalue weighted by Crippen LogP contribution is 2.24. The molecule has 0 saturated carbocycles. The predicted molar refractivity (Wildman–Crippen MR) is 137 cm³/mol. The molecule has 0 saturated heterocycles. The van der Waals surface area contributed by atoms with Crippen molar-refractivity contribution in [2.24, 2.45) is 0 Å². The monoisotopic (exact) mass is 444 g/mol. The largest absolute Gasteiger partial charge is 0.380 e. The summed E-state index contributed by atoms with van der Waals surface area (Å²) < 4.78 is 5.50. The molecule has 0 aliphatic carbocycles. The molecule has 0 aliphatic heterocycles. The van der Waals surface area contributed by atoms with E-state index in [-0.39, 0.29) is 5.91 Å². The van der Waals surface area contributed by atoms with Gasteiger partial charge in [-0.15, -0.1) is 0 Å². The zero-order valence-electron chi connectivity index (χ0n) is 20.3.